The molecule has 0 aliphatic carbocycles. The molecule has 23 heavy (non-hydrogen) atoms. The number of fused-ring (bicyclic) bond motifs is 1. The summed E-state index contributed by atoms with van der Waals surface area (Å²) in [6, 6.07) is 15.0. The van der Waals surface area contributed by atoms with Crippen LogP contribution in [0.3, 0.4) is 0 Å². The Kier molecular flexibility index (Phi) is 3.65. The average molecular weight is 304 g/mol. The van der Waals surface area contributed by atoms with Gasteiger partial charge in [-0.25, -0.2) is 4.79 Å². The minimum atomic E-state index is -0.430. The summed E-state index contributed by atoms with van der Waals surface area (Å²) >= 11 is 0. The van der Waals surface area contributed by atoms with Gasteiger partial charge in [0.15, 0.2) is 0 Å². The maximum Gasteiger partial charge on any atom is 0.336 e. The number of carbonyl (C=O) groups excluding carboxylic acids is 1. The molecule has 112 valence electrons. The van der Waals surface area contributed by atoms with E-state index < -0.39 is 5.63 Å². The number of rotatable bonds is 2. The number of hydrogen-bond acceptors (Lipinski definition) is 4. The monoisotopic (exact) mass is 304 g/mol. The van der Waals surface area contributed by atoms with E-state index in [1.807, 2.05) is 13.0 Å². The number of amides is 1. The van der Waals surface area contributed by atoms with Gasteiger partial charge >= 0.3 is 5.63 Å². The van der Waals surface area contributed by atoms with Gasteiger partial charge in [0.05, 0.1) is 11.6 Å². The van der Waals surface area contributed by atoms with Crippen molar-refractivity contribution in [2.45, 2.75) is 6.92 Å². The summed E-state index contributed by atoms with van der Waals surface area (Å²) in [5.41, 5.74) is 2.11. The highest BCUT2D eigenvalue weighted by atomic mass is 16.4. The highest BCUT2D eigenvalue weighted by molar-refractivity contribution is 6.05. The second-order valence-corrected chi connectivity index (χ2v) is 5.11. The molecular weight excluding hydrogens is 292 g/mol. The van der Waals surface area contributed by atoms with E-state index in [1.165, 1.54) is 12.1 Å². The first-order valence-electron chi connectivity index (χ1n) is 6.93. The highest BCUT2D eigenvalue weighted by Gasteiger charge is 2.09. The molecule has 2 aromatic carbocycles. The normalized spacial score (nSPS) is 10.3. The Hall–Kier alpha value is -3.39. The average Bonchev–Trinajstić information content (AvgIpc) is 2.54. The van der Waals surface area contributed by atoms with Gasteiger partial charge in [0.25, 0.3) is 5.91 Å². The molecule has 0 fully saturated rings. The first kappa shape index (κ1) is 14.5. The second kappa shape index (κ2) is 5.78. The van der Waals surface area contributed by atoms with Crippen molar-refractivity contribution in [2.75, 3.05) is 5.32 Å². The maximum absolute atomic E-state index is 12.2. The lowest BCUT2D eigenvalue weighted by molar-refractivity contribution is 0.102. The van der Waals surface area contributed by atoms with Gasteiger partial charge in [-0.2, -0.15) is 5.26 Å². The van der Waals surface area contributed by atoms with Crippen molar-refractivity contribution >= 4 is 22.6 Å². The van der Waals surface area contributed by atoms with Crippen molar-refractivity contribution in [2.24, 2.45) is 0 Å². The molecule has 0 spiro atoms. The van der Waals surface area contributed by atoms with Crippen LogP contribution in [0.4, 0.5) is 5.69 Å². The quantitative estimate of drug-likeness (QED) is 0.737. The molecule has 0 aliphatic heterocycles. The van der Waals surface area contributed by atoms with Crippen molar-refractivity contribution < 1.29 is 9.21 Å². The minimum absolute atomic E-state index is 0.337. The Morgan fingerprint density at radius 1 is 1.17 bits per heavy atom. The van der Waals surface area contributed by atoms with Crippen molar-refractivity contribution in [1.29, 1.82) is 5.26 Å². The fourth-order valence-corrected chi connectivity index (χ4v) is 2.34. The van der Waals surface area contributed by atoms with Gasteiger partial charge in [0.1, 0.15) is 5.58 Å². The third-order valence-corrected chi connectivity index (χ3v) is 3.46. The fourth-order valence-electron chi connectivity index (χ4n) is 2.34. The number of hydrogen-bond donors (Lipinski definition) is 1. The van der Waals surface area contributed by atoms with Crippen LogP contribution in [0.25, 0.3) is 11.0 Å². The lowest BCUT2D eigenvalue weighted by Crippen LogP contribution is -2.12. The van der Waals surface area contributed by atoms with Crippen LogP contribution in [-0.4, -0.2) is 5.91 Å². The van der Waals surface area contributed by atoms with Gasteiger partial charge in [0, 0.05) is 28.8 Å². The molecule has 0 radical (unpaired) electrons. The van der Waals surface area contributed by atoms with Crippen LogP contribution in [-0.2, 0) is 0 Å². The molecule has 1 heterocycles. The lowest BCUT2D eigenvalue weighted by atomic mass is 10.1. The van der Waals surface area contributed by atoms with Crippen LogP contribution in [0.1, 0.15) is 21.5 Å². The molecule has 1 N–H and O–H groups in total. The molecule has 5 heteroatoms. The van der Waals surface area contributed by atoms with Crippen LogP contribution < -0.4 is 10.9 Å². The van der Waals surface area contributed by atoms with E-state index in [1.54, 1.807) is 36.4 Å². The van der Waals surface area contributed by atoms with Gasteiger partial charge < -0.3 is 9.73 Å². The third-order valence-electron chi connectivity index (χ3n) is 3.46. The zero-order valence-corrected chi connectivity index (χ0v) is 12.3. The van der Waals surface area contributed by atoms with Gasteiger partial charge in [-0.3, -0.25) is 4.79 Å². The molecule has 0 saturated carbocycles. The summed E-state index contributed by atoms with van der Waals surface area (Å²) in [6.45, 7) is 1.82. The van der Waals surface area contributed by atoms with Crippen LogP contribution in [0.5, 0.6) is 0 Å². The van der Waals surface area contributed by atoms with Crippen LogP contribution in [0, 0.1) is 18.3 Å². The molecule has 1 amide bonds. The van der Waals surface area contributed by atoms with Crippen molar-refractivity contribution in [3.8, 4) is 6.07 Å². The van der Waals surface area contributed by atoms with E-state index in [9.17, 15) is 9.59 Å². The molecule has 0 bridgehead atoms. The van der Waals surface area contributed by atoms with Gasteiger partial charge in [-0.15, -0.1) is 0 Å². The Morgan fingerprint density at radius 3 is 2.78 bits per heavy atom. The molecule has 3 aromatic rings. The van der Waals surface area contributed by atoms with E-state index in [-0.39, 0.29) is 5.91 Å². The standard InChI is InChI=1S/C18H12N2O3/c1-11-7-17(21)23-16-9-14(5-6-15(11)16)20-18(22)13-4-2-3-12(8-13)10-19/h2-9H,1H3,(H,20,22). The van der Waals surface area contributed by atoms with E-state index in [4.69, 9.17) is 9.68 Å². The number of carbonyl (C=O) groups is 1. The fraction of sp³-hybridized carbons (Fsp3) is 0.0556. The molecule has 3 rings (SSSR count). The summed E-state index contributed by atoms with van der Waals surface area (Å²) in [7, 11) is 0. The van der Waals surface area contributed by atoms with Crippen LogP contribution >= 0.6 is 0 Å². The zero-order chi connectivity index (χ0) is 16.4. The Balaban J connectivity index is 1.93. The molecular formula is C18H12N2O3. The Labute approximate surface area is 131 Å². The number of nitrogens with zero attached hydrogens (tertiary/aromatic N) is 1. The number of aryl methyl sites for hydroxylation is 1. The number of benzene rings is 2. The molecule has 0 aliphatic rings. The Morgan fingerprint density at radius 2 is 2.00 bits per heavy atom. The molecule has 5 nitrogen and oxygen atoms in total. The minimum Gasteiger partial charge on any atom is -0.423 e. The molecule has 0 unspecified atom stereocenters. The van der Waals surface area contributed by atoms with E-state index in [0.717, 1.165) is 10.9 Å². The largest absolute Gasteiger partial charge is 0.423 e. The molecule has 1 aromatic heterocycles. The second-order valence-electron chi connectivity index (χ2n) is 5.11. The summed E-state index contributed by atoms with van der Waals surface area (Å²) in [5, 5.41) is 12.4. The van der Waals surface area contributed by atoms with Crippen molar-refractivity contribution in [1.82, 2.24) is 0 Å². The summed E-state index contributed by atoms with van der Waals surface area (Å²) in [6.07, 6.45) is 0. The predicted molar refractivity (Wildman–Crippen MR) is 86.3 cm³/mol. The molecule has 0 atom stereocenters. The van der Waals surface area contributed by atoms with Crippen LogP contribution in [0.15, 0.2) is 57.7 Å². The SMILES string of the molecule is Cc1cc(=O)oc2cc(NC(=O)c3cccc(C#N)c3)ccc12. The number of nitriles is 1. The first-order chi connectivity index (χ1) is 11.1. The van der Waals surface area contributed by atoms with E-state index in [2.05, 4.69) is 5.32 Å². The van der Waals surface area contributed by atoms with E-state index >= 15 is 0 Å². The first-order valence-corrected chi connectivity index (χ1v) is 6.93. The number of anilines is 1. The zero-order valence-electron chi connectivity index (χ0n) is 12.3. The van der Waals surface area contributed by atoms with Crippen molar-refractivity contribution in [3.05, 3.63) is 75.6 Å². The molecule has 0 saturated heterocycles. The number of nitrogens with one attached hydrogen (secondary N) is 1. The van der Waals surface area contributed by atoms with Crippen LogP contribution in [0.2, 0.25) is 0 Å². The maximum atomic E-state index is 12.2. The summed E-state index contributed by atoms with van der Waals surface area (Å²) < 4.78 is 5.16. The lowest BCUT2D eigenvalue weighted by Gasteiger charge is -2.07. The van der Waals surface area contributed by atoms with Gasteiger partial charge in [-0.1, -0.05) is 6.07 Å². The van der Waals surface area contributed by atoms with Crippen molar-refractivity contribution in [3.63, 3.8) is 0 Å². The highest BCUT2D eigenvalue weighted by Crippen LogP contribution is 2.21. The third kappa shape index (κ3) is 2.97. The summed E-state index contributed by atoms with van der Waals surface area (Å²) in [5.74, 6) is -0.337. The summed E-state index contributed by atoms with van der Waals surface area (Å²) in [4.78, 5) is 23.7. The smallest absolute Gasteiger partial charge is 0.336 e. The van der Waals surface area contributed by atoms with E-state index in [0.29, 0.717) is 22.4 Å². The van der Waals surface area contributed by atoms with Gasteiger partial charge in [-0.05, 0) is 42.8 Å². The predicted octanol–water partition coefficient (Wildman–Crippen LogP) is 3.23. The topological polar surface area (TPSA) is 83.1 Å². The Bertz CT molecular complexity index is 1010. The van der Waals surface area contributed by atoms with Gasteiger partial charge in [0.2, 0.25) is 0 Å².